The van der Waals surface area contributed by atoms with Gasteiger partial charge in [-0.15, -0.1) is 5.92 Å². The molecule has 12 heavy (non-hydrogen) atoms. The van der Waals surface area contributed by atoms with Gasteiger partial charge < -0.3 is 5.11 Å². The third kappa shape index (κ3) is 5.03. The first kappa shape index (κ1) is 11.3. The lowest BCUT2D eigenvalue weighted by Crippen LogP contribution is -2.26. The molecular formula is C8H11F3O. The molecule has 0 spiro atoms. The number of hydrogen-bond donors (Lipinski definition) is 1. The second-order valence-electron chi connectivity index (χ2n) is 2.37. The van der Waals surface area contributed by atoms with Crippen molar-refractivity contribution in [1.82, 2.24) is 0 Å². The van der Waals surface area contributed by atoms with Gasteiger partial charge in [-0.3, -0.25) is 0 Å². The Labute approximate surface area is 69.6 Å². The van der Waals surface area contributed by atoms with Crippen LogP contribution in [0.15, 0.2) is 0 Å². The summed E-state index contributed by atoms with van der Waals surface area (Å²) in [5.74, 6) is 4.01. The highest BCUT2D eigenvalue weighted by Crippen LogP contribution is 2.18. The summed E-state index contributed by atoms with van der Waals surface area (Å²) in [4.78, 5) is 0. The van der Waals surface area contributed by atoms with Crippen LogP contribution in [0.2, 0.25) is 0 Å². The number of aliphatic hydroxyl groups excluding tert-OH is 1. The monoisotopic (exact) mass is 180 g/mol. The lowest BCUT2D eigenvalue weighted by atomic mass is 10.2. The van der Waals surface area contributed by atoms with Crippen molar-refractivity contribution in [2.75, 3.05) is 0 Å². The Morgan fingerprint density at radius 1 is 1.42 bits per heavy atom. The van der Waals surface area contributed by atoms with E-state index in [1.165, 1.54) is 0 Å². The molecule has 0 aliphatic rings. The van der Waals surface area contributed by atoms with E-state index >= 15 is 0 Å². The second-order valence-corrected chi connectivity index (χ2v) is 2.37. The minimum absolute atomic E-state index is 0.406. The van der Waals surface area contributed by atoms with E-state index in [4.69, 9.17) is 5.11 Å². The van der Waals surface area contributed by atoms with Gasteiger partial charge in [0.05, 0.1) is 0 Å². The summed E-state index contributed by atoms with van der Waals surface area (Å²) in [6.45, 7) is 1.92. The molecule has 0 radical (unpaired) electrons. The minimum atomic E-state index is -4.61. The summed E-state index contributed by atoms with van der Waals surface area (Å²) in [6.07, 6.45) is -5.05. The zero-order valence-corrected chi connectivity index (χ0v) is 6.78. The molecule has 0 rings (SSSR count). The van der Waals surface area contributed by atoms with Crippen LogP contribution >= 0.6 is 0 Å². The molecule has 0 aromatic rings. The van der Waals surface area contributed by atoms with Crippen molar-refractivity contribution in [2.45, 2.75) is 38.5 Å². The lowest BCUT2D eigenvalue weighted by Gasteiger charge is -2.06. The fraction of sp³-hybridized carbons (Fsp3) is 0.750. The van der Waals surface area contributed by atoms with E-state index in [-0.39, 0.29) is 0 Å². The fourth-order valence-corrected chi connectivity index (χ4v) is 0.516. The smallest absolute Gasteiger partial charge is 0.372 e. The highest BCUT2D eigenvalue weighted by molar-refractivity contribution is 5.06. The molecule has 1 nitrogen and oxygen atoms in total. The normalized spacial score (nSPS) is 13.4. The molecule has 0 aromatic heterocycles. The van der Waals surface area contributed by atoms with Gasteiger partial charge >= 0.3 is 6.18 Å². The summed E-state index contributed by atoms with van der Waals surface area (Å²) in [7, 11) is 0. The molecule has 70 valence electrons. The molecule has 4 heteroatoms. The quantitative estimate of drug-likeness (QED) is 0.509. The van der Waals surface area contributed by atoms with Gasteiger partial charge in [0.25, 0.3) is 0 Å². The summed E-state index contributed by atoms with van der Waals surface area (Å²) < 4.78 is 34.8. The number of rotatable bonds is 2. The predicted molar refractivity (Wildman–Crippen MR) is 39.4 cm³/mol. The summed E-state index contributed by atoms with van der Waals surface area (Å²) in [5, 5.41) is 8.39. The Morgan fingerprint density at radius 3 is 2.42 bits per heavy atom. The van der Waals surface area contributed by atoms with Crippen molar-refractivity contribution in [3.63, 3.8) is 0 Å². The molecule has 0 bridgehead atoms. The first-order chi connectivity index (χ1) is 5.48. The number of hydrogen-bond acceptors (Lipinski definition) is 1. The standard InChI is InChI=1S/C8H11F3O/c1-2-3-4-5-6-7(12)8(9,10)11/h7,12H,2-4H2,1H3. The Morgan fingerprint density at radius 2 is 2.00 bits per heavy atom. The molecule has 1 unspecified atom stereocenters. The van der Waals surface area contributed by atoms with Crippen LogP contribution in [0.5, 0.6) is 0 Å². The SMILES string of the molecule is CCCCC#CC(O)C(F)(F)F. The average molecular weight is 180 g/mol. The van der Waals surface area contributed by atoms with Crippen LogP contribution in [0.4, 0.5) is 13.2 Å². The van der Waals surface area contributed by atoms with Gasteiger partial charge in [0.2, 0.25) is 6.10 Å². The maximum Gasteiger partial charge on any atom is 0.425 e. The summed E-state index contributed by atoms with van der Waals surface area (Å²) >= 11 is 0. The van der Waals surface area contributed by atoms with Crippen LogP contribution in [-0.4, -0.2) is 17.4 Å². The minimum Gasteiger partial charge on any atom is -0.372 e. The molecule has 1 N–H and O–H groups in total. The highest BCUT2D eigenvalue weighted by Gasteiger charge is 2.36. The zero-order chi connectivity index (χ0) is 9.61. The maximum atomic E-state index is 11.6. The van der Waals surface area contributed by atoms with Crippen LogP contribution in [0.1, 0.15) is 26.2 Å². The van der Waals surface area contributed by atoms with E-state index in [9.17, 15) is 13.2 Å². The molecule has 0 saturated heterocycles. The molecule has 0 fully saturated rings. The van der Waals surface area contributed by atoms with Gasteiger partial charge in [0, 0.05) is 6.42 Å². The van der Waals surface area contributed by atoms with Crippen molar-refractivity contribution >= 4 is 0 Å². The van der Waals surface area contributed by atoms with Gasteiger partial charge in [-0.25, -0.2) is 0 Å². The van der Waals surface area contributed by atoms with Crippen molar-refractivity contribution in [3.05, 3.63) is 0 Å². The largest absolute Gasteiger partial charge is 0.425 e. The molecular weight excluding hydrogens is 169 g/mol. The van der Waals surface area contributed by atoms with Gasteiger partial charge in [0.15, 0.2) is 0 Å². The first-order valence-electron chi connectivity index (χ1n) is 3.71. The van der Waals surface area contributed by atoms with E-state index in [1.54, 1.807) is 5.92 Å². The van der Waals surface area contributed by atoms with Gasteiger partial charge in [-0.2, -0.15) is 13.2 Å². The van der Waals surface area contributed by atoms with Crippen molar-refractivity contribution in [2.24, 2.45) is 0 Å². The molecule has 0 amide bonds. The third-order valence-corrected chi connectivity index (χ3v) is 1.20. The number of aliphatic hydroxyl groups is 1. The number of halogens is 3. The molecule has 0 aliphatic heterocycles. The van der Waals surface area contributed by atoms with Gasteiger partial charge in [0.1, 0.15) is 0 Å². The fourth-order valence-electron chi connectivity index (χ4n) is 0.516. The molecule has 0 saturated carbocycles. The van der Waals surface area contributed by atoms with E-state index in [2.05, 4.69) is 5.92 Å². The average Bonchev–Trinajstić information content (AvgIpc) is 1.96. The van der Waals surface area contributed by atoms with Crippen LogP contribution in [0.3, 0.4) is 0 Å². The van der Waals surface area contributed by atoms with Gasteiger partial charge in [-0.1, -0.05) is 19.3 Å². The van der Waals surface area contributed by atoms with Crippen LogP contribution in [0.25, 0.3) is 0 Å². The summed E-state index contributed by atoms with van der Waals surface area (Å²) in [6, 6.07) is 0. The van der Waals surface area contributed by atoms with E-state index in [1.807, 2.05) is 6.92 Å². The highest BCUT2D eigenvalue weighted by atomic mass is 19.4. The van der Waals surface area contributed by atoms with Crippen LogP contribution < -0.4 is 0 Å². The van der Waals surface area contributed by atoms with E-state index in [0.717, 1.165) is 12.8 Å². The van der Waals surface area contributed by atoms with Crippen molar-refractivity contribution in [1.29, 1.82) is 0 Å². The third-order valence-electron chi connectivity index (χ3n) is 1.20. The van der Waals surface area contributed by atoms with Crippen molar-refractivity contribution in [3.8, 4) is 11.8 Å². The second kappa shape index (κ2) is 5.04. The Bertz CT molecular complexity index is 175. The Balaban J connectivity index is 3.79. The van der Waals surface area contributed by atoms with Crippen LogP contribution in [0, 0.1) is 11.8 Å². The Kier molecular flexibility index (Phi) is 4.75. The topological polar surface area (TPSA) is 20.2 Å². The molecule has 0 heterocycles. The van der Waals surface area contributed by atoms with Gasteiger partial charge in [-0.05, 0) is 6.42 Å². The number of alkyl halides is 3. The van der Waals surface area contributed by atoms with E-state index < -0.39 is 12.3 Å². The molecule has 0 aromatic carbocycles. The van der Waals surface area contributed by atoms with Crippen molar-refractivity contribution < 1.29 is 18.3 Å². The van der Waals surface area contributed by atoms with Crippen LogP contribution in [-0.2, 0) is 0 Å². The first-order valence-corrected chi connectivity index (χ1v) is 3.71. The molecule has 1 atom stereocenters. The number of unbranched alkanes of at least 4 members (excludes halogenated alkanes) is 2. The zero-order valence-electron chi connectivity index (χ0n) is 6.78. The molecule has 0 aliphatic carbocycles. The lowest BCUT2D eigenvalue weighted by molar-refractivity contribution is -0.184. The summed E-state index contributed by atoms with van der Waals surface area (Å²) in [5.41, 5.74) is 0. The maximum absolute atomic E-state index is 11.6. The Hall–Kier alpha value is -0.690. The predicted octanol–water partition coefficient (Wildman–Crippen LogP) is 2.10. The van der Waals surface area contributed by atoms with E-state index in [0.29, 0.717) is 6.42 Å².